The Hall–Kier alpha value is -1.62. The smallest absolute Gasteiger partial charge is 0.139 e. The zero-order chi connectivity index (χ0) is 10.7. The van der Waals surface area contributed by atoms with Crippen molar-refractivity contribution in [2.45, 2.75) is 19.9 Å². The van der Waals surface area contributed by atoms with E-state index >= 15 is 0 Å². The summed E-state index contributed by atoms with van der Waals surface area (Å²) in [5.74, 6) is 0.691. The Morgan fingerprint density at radius 3 is 3.13 bits per heavy atom. The molecule has 0 bridgehead atoms. The molecule has 0 radical (unpaired) electrons. The topological polar surface area (TPSA) is 64.1 Å². The third-order valence-corrected chi connectivity index (χ3v) is 2.23. The van der Waals surface area contributed by atoms with Crippen molar-refractivity contribution in [3.8, 4) is 11.4 Å². The van der Waals surface area contributed by atoms with Crippen LogP contribution in [0.5, 0.6) is 0 Å². The van der Waals surface area contributed by atoms with Gasteiger partial charge in [-0.3, -0.25) is 0 Å². The Bertz CT molecular complexity index is 433. The first-order chi connectivity index (χ1) is 7.35. The highest BCUT2D eigenvalue weighted by molar-refractivity contribution is 5.53. The molecule has 5 heteroatoms. The molecule has 15 heavy (non-hydrogen) atoms. The van der Waals surface area contributed by atoms with Gasteiger partial charge in [0.2, 0.25) is 0 Å². The zero-order valence-corrected chi connectivity index (χ0v) is 8.55. The Balaban J connectivity index is 2.28. The van der Waals surface area contributed by atoms with Gasteiger partial charge in [0.25, 0.3) is 0 Å². The first kappa shape index (κ1) is 9.92. The molecule has 0 atom stereocenters. The maximum Gasteiger partial charge on any atom is 0.139 e. The maximum absolute atomic E-state index is 8.75. The summed E-state index contributed by atoms with van der Waals surface area (Å²) in [6.07, 6.45) is 4.01. The number of aliphatic hydroxyl groups is 1. The van der Waals surface area contributed by atoms with Crippen LogP contribution in [0, 0.1) is 0 Å². The fraction of sp³-hybridized carbons (Fsp3) is 0.400. The number of rotatable bonds is 4. The van der Waals surface area contributed by atoms with Gasteiger partial charge in [0, 0.05) is 19.0 Å². The molecule has 0 aliphatic heterocycles. The molecule has 2 heterocycles. The number of imidazole rings is 1. The Morgan fingerprint density at radius 1 is 1.53 bits per heavy atom. The lowest BCUT2D eigenvalue weighted by Crippen LogP contribution is -1.94. The van der Waals surface area contributed by atoms with Crippen LogP contribution in [0.3, 0.4) is 0 Å². The third kappa shape index (κ3) is 1.92. The molecule has 0 aromatic carbocycles. The number of hydrogen-bond donors (Lipinski definition) is 1. The van der Waals surface area contributed by atoms with Gasteiger partial charge in [-0.25, -0.2) is 4.98 Å². The second-order valence-corrected chi connectivity index (χ2v) is 3.22. The van der Waals surface area contributed by atoms with Crippen LogP contribution >= 0.6 is 0 Å². The highest BCUT2D eigenvalue weighted by Gasteiger charge is 2.09. The molecule has 5 nitrogen and oxygen atoms in total. The van der Waals surface area contributed by atoms with E-state index in [2.05, 4.69) is 10.1 Å². The fourth-order valence-electron chi connectivity index (χ4n) is 1.45. The van der Waals surface area contributed by atoms with Crippen LogP contribution < -0.4 is 0 Å². The van der Waals surface area contributed by atoms with E-state index < -0.39 is 0 Å². The molecule has 0 saturated heterocycles. The number of aromatic nitrogens is 3. The molecule has 0 saturated carbocycles. The van der Waals surface area contributed by atoms with Gasteiger partial charge in [0.15, 0.2) is 0 Å². The first-order valence-electron chi connectivity index (χ1n) is 4.92. The Labute approximate surface area is 87.3 Å². The third-order valence-electron chi connectivity index (χ3n) is 2.23. The highest BCUT2D eigenvalue weighted by atomic mass is 16.5. The number of aliphatic hydroxyl groups excluding tert-OH is 1. The summed E-state index contributed by atoms with van der Waals surface area (Å²) in [7, 11) is 0. The largest absolute Gasteiger partial charge is 0.396 e. The summed E-state index contributed by atoms with van der Waals surface area (Å²) < 4.78 is 7.06. The molecule has 0 aliphatic rings. The van der Waals surface area contributed by atoms with E-state index in [1.807, 2.05) is 17.6 Å². The fourth-order valence-corrected chi connectivity index (χ4v) is 1.45. The van der Waals surface area contributed by atoms with E-state index in [4.69, 9.17) is 9.63 Å². The van der Waals surface area contributed by atoms with Gasteiger partial charge in [-0.05, 0) is 6.92 Å². The molecule has 0 aliphatic carbocycles. The van der Waals surface area contributed by atoms with Gasteiger partial charge in [0.1, 0.15) is 11.5 Å². The van der Waals surface area contributed by atoms with Crippen molar-refractivity contribution in [3.63, 3.8) is 0 Å². The van der Waals surface area contributed by atoms with Gasteiger partial charge in [0.05, 0.1) is 24.8 Å². The molecule has 0 unspecified atom stereocenters. The number of aryl methyl sites for hydroxylation is 1. The summed E-state index contributed by atoms with van der Waals surface area (Å²) in [6, 6.07) is 1.83. The zero-order valence-electron chi connectivity index (χ0n) is 8.55. The predicted molar refractivity (Wildman–Crippen MR) is 54.2 cm³/mol. The van der Waals surface area contributed by atoms with E-state index in [0.29, 0.717) is 12.2 Å². The maximum atomic E-state index is 8.75. The van der Waals surface area contributed by atoms with E-state index in [0.717, 1.165) is 17.9 Å². The van der Waals surface area contributed by atoms with Crippen molar-refractivity contribution in [1.29, 1.82) is 0 Å². The van der Waals surface area contributed by atoms with Crippen LogP contribution in [0.25, 0.3) is 11.4 Å². The quantitative estimate of drug-likeness (QED) is 0.815. The average molecular weight is 207 g/mol. The van der Waals surface area contributed by atoms with Crippen LogP contribution in [-0.4, -0.2) is 26.4 Å². The van der Waals surface area contributed by atoms with Gasteiger partial charge < -0.3 is 14.2 Å². The molecular weight excluding hydrogens is 194 g/mol. The summed E-state index contributed by atoms with van der Waals surface area (Å²) >= 11 is 0. The number of hydrogen-bond acceptors (Lipinski definition) is 4. The van der Waals surface area contributed by atoms with Gasteiger partial charge >= 0.3 is 0 Å². The lowest BCUT2D eigenvalue weighted by molar-refractivity contribution is 0.277. The Morgan fingerprint density at radius 2 is 2.40 bits per heavy atom. The minimum absolute atomic E-state index is 0.0711. The lowest BCUT2D eigenvalue weighted by Gasteiger charge is -1.99. The average Bonchev–Trinajstić information content (AvgIpc) is 2.84. The summed E-state index contributed by atoms with van der Waals surface area (Å²) in [5, 5.41) is 12.7. The van der Waals surface area contributed by atoms with Gasteiger partial charge in [-0.2, -0.15) is 0 Å². The standard InChI is InChI=1S/C10H13N3O2/c1-2-13-7-11-6-10(13)9-5-8(3-4-14)15-12-9/h5-7,14H,2-4H2,1H3. The van der Waals surface area contributed by atoms with Crippen molar-refractivity contribution in [1.82, 2.24) is 14.7 Å². The molecule has 0 fully saturated rings. The van der Waals surface area contributed by atoms with E-state index in [1.165, 1.54) is 0 Å². The van der Waals surface area contributed by atoms with E-state index in [1.54, 1.807) is 12.5 Å². The van der Waals surface area contributed by atoms with Crippen molar-refractivity contribution in [3.05, 3.63) is 24.4 Å². The SMILES string of the molecule is CCn1cncc1-c1cc(CCO)on1. The second-order valence-electron chi connectivity index (χ2n) is 3.22. The highest BCUT2D eigenvalue weighted by Crippen LogP contribution is 2.18. The van der Waals surface area contributed by atoms with Crippen molar-refractivity contribution < 1.29 is 9.63 Å². The molecule has 80 valence electrons. The van der Waals surface area contributed by atoms with Gasteiger partial charge in [-0.15, -0.1) is 0 Å². The van der Waals surface area contributed by atoms with E-state index in [9.17, 15) is 0 Å². The molecule has 0 spiro atoms. The summed E-state index contributed by atoms with van der Waals surface area (Å²) in [4.78, 5) is 4.06. The van der Waals surface area contributed by atoms with E-state index in [-0.39, 0.29) is 6.61 Å². The minimum Gasteiger partial charge on any atom is -0.396 e. The number of nitrogens with zero attached hydrogens (tertiary/aromatic N) is 3. The monoisotopic (exact) mass is 207 g/mol. The molecule has 1 N–H and O–H groups in total. The molecule has 0 amide bonds. The Kier molecular flexibility index (Phi) is 2.82. The van der Waals surface area contributed by atoms with Crippen LogP contribution in [0.4, 0.5) is 0 Å². The molecule has 2 rings (SSSR count). The van der Waals surface area contributed by atoms with Crippen LogP contribution in [-0.2, 0) is 13.0 Å². The molecular formula is C10H13N3O2. The van der Waals surface area contributed by atoms with Crippen LogP contribution in [0.15, 0.2) is 23.1 Å². The van der Waals surface area contributed by atoms with Gasteiger partial charge in [-0.1, -0.05) is 5.16 Å². The van der Waals surface area contributed by atoms with Crippen LogP contribution in [0.2, 0.25) is 0 Å². The summed E-state index contributed by atoms with van der Waals surface area (Å²) in [6.45, 7) is 2.96. The van der Waals surface area contributed by atoms with Crippen molar-refractivity contribution >= 4 is 0 Å². The second kappa shape index (κ2) is 4.27. The van der Waals surface area contributed by atoms with Crippen molar-refractivity contribution in [2.75, 3.05) is 6.61 Å². The lowest BCUT2D eigenvalue weighted by atomic mass is 10.2. The normalized spacial score (nSPS) is 10.8. The summed E-state index contributed by atoms with van der Waals surface area (Å²) in [5.41, 5.74) is 1.70. The van der Waals surface area contributed by atoms with Crippen molar-refractivity contribution in [2.24, 2.45) is 0 Å². The molecule has 2 aromatic rings. The van der Waals surface area contributed by atoms with Crippen LogP contribution in [0.1, 0.15) is 12.7 Å². The predicted octanol–water partition coefficient (Wildman–Crippen LogP) is 1.09. The molecule has 2 aromatic heterocycles. The first-order valence-corrected chi connectivity index (χ1v) is 4.92. The minimum atomic E-state index is 0.0711.